The Labute approximate surface area is 94.1 Å². The minimum atomic E-state index is 0.322. The minimum absolute atomic E-state index is 0.322. The molecule has 0 amide bonds. The molecule has 0 aliphatic heterocycles. The molecular weight excluding hydrogens is 207 g/mol. The zero-order valence-electron chi connectivity index (χ0n) is 8.71. The van der Waals surface area contributed by atoms with Gasteiger partial charge in [0.25, 0.3) is 0 Å². The Kier molecular flexibility index (Phi) is 8.13. The van der Waals surface area contributed by atoms with Crippen LogP contribution in [-0.2, 0) is 4.79 Å². The average molecular weight is 220 g/mol. The van der Waals surface area contributed by atoms with Crippen LogP contribution < -0.4 is 0 Å². The van der Waals surface area contributed by atoms with Gasteiger partial charge in [-0.3, -0.25) is 4.79 Å². The van der Waals surface area contributed by atoms with Gasteiger partial charge in [-0.1, -0.05) is 37.0 Å². The molecule has 0 saturated carbocycles. The number of hydrogen-bond acceptors (Lipinski definition) is 2. The Morgan fingerprint density at radius 2 is 1.81 bits per heavy atom. The van der Waals surface area contributed by atoms with Crippen LogP contribution in [0.5, 0.6) is 0 Å². The normalized spacial score (nSPS) is 14.1. The molecule has 3 heteroatoms. The third-order valence-electron chi connectivity index (χ3n) is 1.58. The summed E-state index contributed by atoms with van der Waals surface area (Å²) in [5, 5.41) is 8.46. The van der Waals surface area contributed by atoms with Crippen LogP contribution in [0.15, 0.2) is 72.8 Å². The topological polar surface area (TPSA) is 37.3 Å². The highest BCUT2D eigenvalue weighted by Crippen LogP contribution is 2.00. The van der Waals surface area contributed by atoms with E-state index < -0.39 is 0 Å². The van der Waals surface area contributed by atoms with Gasteiger partial charge >= 0.3 is 0 Å². The van der Waals surface area contributed by atoms with Crippen LogP contribution in [0.2, 0.25) is 0 Å². The van der Waals surface area contributed by atoms with Crippen LogP contribution in [0.3, 0.4) is 0 Å². The summed E-state index contributed by atoms with van der Waals surface area (Å²) in [6.07, 6.45) is 12.1. The second kappa shape index (κ2) is 9.40. The first-order valence-electron chi connectivity index (χ1n) is 4.52. The lowest BCUT2D eigenvalue weighted by molar-refractivity contribution is -0.104. The zero-order valence-corrected chi connectivity index (χ0v) is 8.71. The monoisotopic (exact) mass is 220 g/mol. The molecule has 0 radical (unpaired) electrons. The van der Waals surface area contributed by atoms with Crippen molar-refractivity contribution in [1.82, 2.24) is 0 Å². The molecule has 0 aliphatic carbocycles. The van der Waals surface area contributed by atoms with E-state index >= 15 is 0 Å². The van der Waals surface area contributed by atoms with E-state index in [4.69, 9.17) is 5.11 Å². The molecule has 84 valence electrons. The Morgan fingerprint density at radius 3 is 2.31 bits per heavy atom. The minimum Gasteiger partial charge on any atom is -0.516 e. The molecule has 0 unspecified atom stereocenters. The lowest BCUT2D eigenvalue weighted by atomic mass is 10.2. The number of aldehydes is 1. The number of carbonyl (C=O) groups excluding carboxylic acids is 1. The molecular formula is C13H13FO2. The van der Waals surface area contributed by atoms with Crippen molar-refractivity contribution in [2.45, 2.75) is 0 Å². The molecule has 0 aliphatic rings. The maximum absolute atomic E-state index is 11.7. The van der Waals surface area contributed by atoms with Crippen LogP contribution in [-0.4, -0.2) is 11.4 Å². The lowest BCUT2D eigenvalue weighted by Crippen LogP contribution is -1.77. The van der Waals surface area contributed by atoms with E-state index in [1.54, 1.807) is 18.2 Å². The molecule has 2 nitrogen and oxygen atoms in total. The first-order chi connectivity index (χ1) is 7.78. The van der Waals surface area contributed by atoms with Crippen LogP contribution in [0.25, 0.3) is 0 Å². The summed E-state index contributed by atoms with van der Waals surface area (Å²) in [6.45, 7) is 3.55. The molecule has 0 heterocycles. The average Bonchev–Trinajstić information content (AvgIpc) is 2.32. The predicted octanol–water partition coefficient (Wildman–Crippen LogP) is 3.34. The van der Waals surface area contributed by atoms with E-state index in [0.29, 0.717) is 23.8 Å². The van der Waals surface area contributed by atoms with Gasteiger partial charge in [-0.2, -0.15) is 0 Å². The highest BCUT2D eigenvalue weighted by atomic mass is 19.1. The molecule has 0 fully saturated rings. The highest BCUT2D eigenvalue weighted by Gasteiger charge is 1.85. The van der Waals surface area contributed by atoms with E-state index in [1.807, 2.05) is 0 Å². The van der Waals surface area contributed by atoms with Gasteiger partial charge in [-0.05, 0) is 17.7 Å². The number of carbonyl (C=O) groups is 1. The summed E-state index contributed by atoms with van der Waals surface area (Å²) in [7, 11) is 0. The molecule has 0 bridgehead atoms. The van der Waals surface area contributed by atoms with Gasteiger partial charge in [-0.25, -0.2) is 4.39 Å². The maximum Gasteiger partial charge on any atom is 0.150 e. The Balaban J connectivity index is 4.69. The number of hydrogen-bond donors (Lipinski definition) is 1. The maximum atomic E-state index is 11.7. The second-order valence-corrected chi connectivity index (χ2v) is 2.65. The summed E-state index contributed by atoms with van der Waals surface area (Å²) >= 11 is 0. The van der Waals surface area contributed by atoms with Crippen molar-refractivity contribution >= 4 is 6.29 Å². The summed E-state index contributed by atoms with van der Waals surface area (Å²) in [5.74, 6) is 0. The summed E-state index contributed by atoms with van der Waals surface area (Å²) in [4.78, 5) is 10.5. The van der Waals surface area contributed by atoms with Crippen LogP contribution in [0.1, 0.15) is 0 Å². The van der Waals surface area contributed by atoms with Gasteiger partial charge < -0.3 is 5.11 Å². The van der Waals surface area contributed by atoms with Crippen LogP contribution >= 0.6 is 0 Å². The first-order valence-corrected chi connectivity index (χ1v) is 4.52. The van der Waals surface area contributed by atoms with Crippen molar-refractivity contribution < 1.29 is 14.3 Å². The SMILES string of the molecule is C=CC(/C=C/C=C(C=O)\C=C\O)=C\C=C\F. The molecule has 0 rings (SSSR count). The Morgan fingerprint density at radius 1 is 1.12 bits per heavy atom. The van der Waals surface area contributed by atoms with E-state index in [2.05, 4.69) is 6.58 Å². The lowest BCUT2D eigenvalue weighted by Gasteiger charge is -1.89. The number of aliphatic hydroxyl groups excluding tert-OH is 1. The van der Waals surface area contributed by atoms with Crippen molar-refractivity contribution in [2.75, 3.05) is 0 Å². The summed E-state index contributed by atoms with van der Waals surface area (Å²) in [5.41, 5.74) is 1.02. The van der Waals surface area contributed by atoms with Crippen molar-refractivity contribution in [3.8, 4) is 0 Å². The summed E-state index contributed by atoms with van der Waals surface area (Å²) < 4.78 is 11.7. The van der Waals surface area contributed by atoms with Gasteiger partial charge in [0.05, 0.1) is 12.6 Å². The van der Waals surface area contributed by atoms with E-state index in [0.717, 1.165) is 6.26 Å². The summed E-state index contributed by atoms with van der Waals surface area (Å²) in [6, 6.07) is 0. The standard InChI is InChI=1S/C13H13FO2/c1-2-12(7-4-9-14)5-3-6-13(11-16)8-10-15/h2-11,15H,1H2/b5-3+,9-4+,10-8+,12-7+,13-6+. The van der Waals surface area contributed by atoms with Gasteiger partial charge in [0, 0.05) is 5.57 Å². The fraction of sp³-hybridized carbons (Fsp3) is 0. The van der Waals surface area contributed by atoms with Crippen molar-refractivity contribution in [3.63, 3.8) is 0 Å². The van der Waals surface area contributed by atoms with Crippen molar-refractivity contribution in [1.29, 1.82) is 0 Å². The van der Waals surface area contributed by atoms with Gasteiger partial charge in [-0.15, -0.1) is 0 Å². The Bertz CT molecular complexity index is 371. The smallest absolute Gasteiger partial charge is 0.150 e. The Hall–Kier alpha value is -2.16. The van der Waals surface area contributed by atoms with Crippen molar-refractivity contribution in [2.24, 2.45) is 0 Å². The number of aliphatic hydroxyl groups is 1. The van der Waals surface area contributed by atoms with Crippen LogP contribution in [0.4, 0.5) is 4.39 Å². The number of halogens is 1. The first kappa shape index (κ1) is 13.8. The molecule has 0 atom stereocenters. The molecule has 16 heavy (non-hydrogen) atoms. The number of rotatable bonds is 6. The second-order valence-electron chi connectivity index (χ2n) is 2.65. The molecule has 0 aromatic carbocycles. The molecule has 0 aromatic heterocycles. The van der Waals surface area contributed by atoms with Gasteiger partial charge in [0.2, 0.25) is 0 Å². The van der Waals surface area contributed by atoms with E-state index in [1.165, 1.54) is 24.3 Å². The van der Waals surface area contributed by atoms with E-state index in [-0.39, 0.29) is 0 Å². The van der Waals surface area contributed by atoms with Gasteiger partial charge in [0.1, 0.15) is 6.29 Å². The highest BCUT2D eigenvalue weighted by molar-refractivity contribution is 5.77. The number of allylic oxidation sites excluding steroid dienone is 9. The zero-order chi connectivity index (χ0) is 12.2. The molecule has 0 saturated heterocycles. The third kappa shape index (κ3) is 6.32. The van der Waals surface area contributed by atoms with Crippen molar-refractivity contribution in [3.05, 3.63) is 72.8 Å². The van der Waals surface area contributed by atoms with E-state index in [9.17, 15) is 9.18 Å². The largest absolute Gasteiger partial charge is 0.516 e. The molecule has 0 aromatic rings. The fourth-order valence-electron chi connectivity index (χ4n) is 0.830. The fourth-order valence-corrected chi connectivity index (χ4v) is 0.830. The molecule has 0 spiro atoms. The quantitative estimate of drug-likeness (QED) is 0.322. The third-order valence-corrected chi connectivity index (χ3v) is 1.58. The predicted molar refractivity (Wildman–Crippen MR) is 63.6 cm³/mol. The molecule has 1 N–H and O–H groups in total. The van der Waals surface area contributed by atoms with Crippen LogP contribution in [0, 0.1) is 0 Å². The van der Waals surface area contributed by atoms with Gasteiger partial charge in [0.15, 0.2) is 0 Å².